The number of allylic oxidation sites excluding steroid dienone is 4. The molecule has 0 aromatic heterocycles. The molecule has 282 valence electrons. The summed E-state index contributed by atoms with van der Waals surface area (Å²) in [5, 5.41) is 3.20. The van der Waals surface area contributed by atoms with E-state index in [-0.39, 0.29) is 6.23 Å². The molecule has 0 aliphatic rings. The molecule has 2 nitrogen and oxygen atoms in total. The van der Waals surface area contributed by atoms with E-state index in [2.05, 4.69) is 72.2 Å². The van der Waals surface area contributed by atoms with Crippen molar-refractivity contribution >= 4 is 0 Å². The molecule has 0 saturated carbocycles. The lowest BCUT2D eigenvalue weighted by molar-refractivity contribution is 0.0797. The summed E-state index contributed by atoms with van der Waals surface area (Å²) >= 11 is 0. The molecule has 47 heavy (non-hydrogen) atoms. The van der Waals surface area contributed by atoms with Crippen molar-refractivity contribution in [2.24, 2.45) is 5.92 Å². The SMILES string of the molecule is C=C(CCCCCCCC(C)CCCCCCC)OC(CCC)NC.C=CCCCCCCCC=CCCCCCCCC.CCC. The van der Waals surface area contributed by atoms with Gasteiger partial charge in [-0.3, -0.25) is 5.32 Å². The minimum atomic E-state index is 0.140. The number of hydrogen-bond donors (Lipinski definition) is 1. The third kappa shape index (κ3) is 49.5. The molecule has 0 aromatic rings. The lowest BCUT2D eigenvalue weighted by Crippen LogP contribution is -2.27. The highest BCUT2D eigenvalue weighted by Crippen LogP contribution is 2.19. The van der Waals surface area contributed by atoms with Crippen LogP contribution in [-0.4, -0.2) is 13.3 Å². The van der Waals surface area contributed by atoms with E-state index in [4.69, 9.17) is 4.74 Å². The van der Waals surface area contributed by atoms with Gasteiger partial charge >= 0.3 is 0 Å². The van der Waals surface area contributed by atoms with Crippen LogP contribution in [0.4, 0.5) is 0 Å². The topological polar surface area (TPSA) is 21.3 Å². The van der Waals surface area contributed by atoms with Gasteiger partial charge in [-0.2, -0.15) is 0 Å². The van der Waals surface area contributed by atoms with Gasteiger partial charge in [0.15, 0.2) is 0 Å². The zero-order valence-electron chi connectivity index (χ0n) is 33.9. The zero-order valence-corrected chi connectivity index (χ0v) is 33.9. The van der Waals surface area contributed by atoms with Crippen molar-refractivity contribution in [3.63, 3.8) is 0 Å². The first kappa shape index (κ1) is 50.4. The Morgan fingerprint density at radius 3 is 1.38 bits per heavy atom. The highest BCUT2D eigenvalue weighted by atomic mass is 16.5. The quantitative estimate of drug-likeness (QED) is 0.0321. The lowest BCUT2D eigenvalue weighted by atomic mass is 9.96. The molecule has 0 aliphatic heterocycles. The Balaban J connectivity index is -0.000000783. The van der Waals surface area contributed by atoms with Crippen LogP contribution >= 0.6 is 0 Å². The van der Waals surface area contributed by atoms with E-state index in [1.807, 2.05) is 13.1 Å². The second-order valence-corrected chi connectivity index (χ2v) is 14.2. The molecule has 0 amide bonds. The van der Waals surface area contributed by atoms with Crippen LogP contribution in [0.25, 0.3) is 0 Å². The molecule has 0 aliphatic carbocycles. The summed E-state index contributed by atoms with van der Waals surface area (Å²) in [5.41, 5.74) is 0. The Hall–Kier alpha value is -1.02. The van der Waals surface area contributed by atoms with E-state index in [1.54, 1.807) is 0 Å². The molecule has 1 N–H and O–H groups in total. The zero-order chi connectivity index (χ0) is 35.5. The van der Waals surface area contributed by atoms with Gasteiger partial charge < -0.3 is 4.74 Å². The molecule has 0 rings (SSSR count). The average Bonchev–Trinajstić information content (AvgIpc) is 3.06. The standard InChI is InChI=1S/C23H47NO.C19H36.C3H8/c1-6-8-9-11-14-18-21(3)19-15-12-10-13-16-20-22(4)25-23(24-5)17-7-2;1-3-5-7-9-11-13-15-17-19-18-16-14-12-10-8-6-4-2;1-3-2/h21,23-24H,4,6-20H2,1-3,5H3;3,18-19H,1,4-17H2,2H3;3H2,1-2H3. The van der Waals surface area contributed by atoms with Crippen molar-refractivity contribution in [2.75, 3.05) is 7.05 Å². The van der Waals surface area contributed by atoms with Crippen molar-refractivity contribution in [1.29, 1.82) is 0 Å². The molecule has 0 radical (unpaired) electrons. The molecular weight excluding hydrogens is 571 g/mol. The first-order valence-corrected chi connectivity index (χ1v) is 21.2. The lowest BCUT2D eigenvalue weighted by Gasteiger charge is -2.19. The Morgan fingerprint density at radius 1 is 0.553 bits per heavy atom. The molecule has 0 spiro atoms. The van der Waals surface area contributed by atoms with Crippen LogP contribution in [0.5, 0.6) is 0 Å². The summed E-state index contributed by atoms with van der Waals surface area (Å²) in [7, 11) is 1.96. The molecule has 2 atom stereocenters. The van der Waals surface area contributed by atoms with Crippen LogP contribution in [0.3, 0.4) is 0 Å². The number of rotatable bonds is 34. The third-order valence-corrected chi connectivity index (χ3v) is 8.80. The van der Waals surface area contributed by atoms with E-state index >= 15 is 0 Å². The first-order valence-electron chi connectivity index (χ1n) is 21.2. The summed E-state index contributed by atoms with van der Waals surface area (Å²) in [6.45, 7) is 21.3. The Morgan fingerprint density at radius 2 is 0.957 bits per heavy atom. The fraction of sp³-hybridized carbons (Fsp3) is 0.867. The Labute approximate surface area is 299 Å². The normalized spacial score (nSPS) is 12.1. The maximum Gasteiger partial charge on any atom is 0.149 e. The number of ether oxygens (including phenoxy) is 1. The summed E-state index contributed by atoms with van der Waals surface area (Å²) < 4.78 is 5.86. The molecular formula is C45H91NO. The van der Waals surface area contributed by atoms with Gasteiger partial charge in [-0.25, -0.2) is 0 Å². The van der Waals surface area contributed by atoms with Gasteiger partial charge in [0, 0.05) is 6.42 Å². The maximum absolute atomic E-state index is 5.86. The smallest absolute Gasteiger partial charge is 0.149 e. The fourth-order valence-corrected chi connectivity index (χ4v) is 5.73. The van der Waals surface area contributed by atoms with Gasteiger partial charge in [-0.05, 0) is 64.3 Å². The average molecular weight is 662 g/mol. The summed E-state index contributed by atoms with van der Waals surface area (Å²) in [5.74, 6) is 1.87. The van der Waals surface area contributed by atoms with Crippen molar-refractivity contribution < 1.29 is 4.74 Å². The van der Waals surface area contributed by atoms with E-state index in [1.165, 1.54) is 173 Å². The molecule has 0 heterocycles. The highest BCUT2D eigenvalue weighted by molar-refractivity contribution is 4.83. The minimum absolute atomic E-state index is 0.140. The van der Waals surface area contributed by atoms with E-state index < -0.39 is 0 Å². The summed E-state index contributed by atoms with van der Waals surface area (Å²) in [6, 6.07) is 0. The van der Waals surface area contributed by atoms with Gasteiger partial charge in [-0.15, -0.1) is 6.58 Å². The molecule has 0 saturated heterocycles. The van der Waals surface area contributed by atoms with Gasteiger partial charge in [0.05, 0.1) is 5.76 Å². The van der Waals surface area contributed by atoms with Crippen molar-refractivity contribution in [1.82, 2.24) is 5.32 Å². The van der Waals surface area contributed by atoms with Crippen LogP contribution in [0.15, 0.2) is 37.1 Å². The second-order valence-electron chi connectivity index (χ2n) is 14.2. The van der Waals surface area contributed by atoms with Crippen LogP contribution in [0.1, 0.15) is 234 Å². The Kier molecular flexibility index (Phi) is 50.5. The van der Waals surface area contributed by atoms with Crippen LogP contribution in [-0.2, 0) is 4.74 Å². The maximum atomic E-state index is 5.86. The molecule has 0 fully saturated rings. The van der Waals surface area contributed by atoms with Crippen molar-refractivity contribution in [3.05, 3.63) is 37.1 Å². The Bertz CT molecular complexity index is 597. The first-order chi connectivity index (χ1) is 23.0. The van der Waals surface area contributed by atoms with Crippen LogP contribution in [0, 0.1) is 5.92 Å². The monoisotopic (exact) mass is 662 g/mol. The minimum Gasteiger partial charge on any atom is -0.480 e. The molecule has 2 heteroatoms. The summed E-state index contributed by atoms with van der Waals surface area (Å²) in [6.07, 6.45) is 47.2. The second kappa shape index (κ2) is 47.1. The predicted octanol–water partition coefficient (Wildman–Crippen LogP) is 16.2. The van der Waals surface area contributed by atoms with E-state index in [9.17, 15) is 0 Å². The van der Waals surface area contributed by atoms with Crippen LogP contribution in [0.2, 0.25) is 0 Å². The van der Waals surface area contributed by atoms with Gasteiger partial charge in [0.25, 0.3) is 0 Å². The molecule has 0 aromatic carbocycles. The van der Waals surface area contributed by atoms with Gasteiger partial charge in [0.2, 0.25) is 0 Å². The largest absolute Gasteiger partial charge is 0.480 e. The van der Waals surface area contributed by atoms with Crippen molar-refractivity contribution in [2.45, 2.75) is 240 Å². The molecule has 2 unspecified atom stereocenters. The number of unbranched alkanes of at least 4 members (excludes halogenated alkanes) is 20. The summed E-state index contributed by atoms with van der Waals surface area (Å²) in [4.78, 5) is 0. The number of nitrogens with one attached hydrogen (secondary N) is 1. The third-order valence-electron chi connectivity index (χ3n) is 8.80. The number of hydrogen-bond acceptors (Lipinski definition) is 2. The fourth-order valence-electron chi connectivity index (χ4n) is 5.73. The van der Waals surface area contributed by atoms with Crippen LogP contribution < -0.4 is 5.32 Å². The van der Waals surface area contributed by atoms with Crippen molar-refractivity contribution in [3.8, 4) is 0 Å². The molecule has 0 bridgehead atoms. The van der Waals surface area contributed by atoms with Gasteiger partial charge in [-0.1, -0.05) is 201 Å². The van der Waals surface area contributed by atoms with E-state index in [0.29, 0.717) is 0 Å². The highest BCUT2D eigenvalue weighted by Gasteiger charge is 2.07. The van der Waals surface area contributed by atoms with E-state index in [0.717, 1.165) is 30.9 Å². The predicted molar refractivity (Wildman–Crippen MR) is 218 cm³/mol. The van der Waals surface area contributed by atoms with Gasteiger partial charge in [0.1, 0.15) is 6.23 Å².